The Morgan fingerprint density at radius 1 is 1.39 bits per heavy atom. The van der Waals surface area contributed by atoms with Gasteiger partial charge >= 0.3 is 0 Å². The van der Waals surface area contributed by atoms with E-state index >= 15 is 0 Å². The van der Waals surface area contributed by atoms with Crippen molar-refractivity contribution in [1.82, 2.24) is 20.4 Å². The molecule has 1 aromatic heterocycles. The maximum Gasteiger partial charge on any atom is 0.241 e. The Kier molecular flexibility index (Phi) is 5.76. The third kappa shape index (κ3) is 4.56. The number of benzene rings is 1. The van der Waals surface area contributed by atoms with Gasteiger partial charge in [-0.2, -0.15) is 5.10 Å². The summed E-state index contributed by atoms with van der Waals surface area (Å²) in [6.07, 6.45) is 3.40. The Bertz CT molecular complexity index is 654. The van der Waals surface area contributed by atoms with E-state index in [1.165, 1.54) is 0 Å². The van der Waals surface area contributed by atoms with Crippen molar-refractivity contribution in [2.24, 2.45) is 7.05 Å². The Morgan fingerprint density at radius 2 is 2.13 bits per heavy atom. The van der Waals surface area contributed by atoms with Gasteiger partial charge < -0.3 is 15.4 Å². The van der Waals surface area contributed by atoms with Crippen LogP contribution in [0.2, 0.25) is 0 Å². The van der Waals surface area contributed by atoms with Crippen molar-refractivity contribution in [2.45, 2.75) is 26.0 Å². The Labute approximate surface area is 136 Å². The Hall–Kier alpha value is -2.34. The highest BCUT2D eigenvalue weighted by atomic mass is 16.5. The van der Waals surface area contributed by atoms with Crippen molar-refractivity contribution in [1.29, 1.82) is 0 Å². The smallest absolute Gasteiger partial charge is 0.241 e. The zero-order valence-electron chi connectivity index (χ0n) is 14.0. The molecule has 0 aliphatic carbocycles. The second-order valence-electron chi connectivity index (χ2n) is 5.61. The summed E-state index contributed by atoms with van der Waals surface area (Å²) in [5.74, 6) is 0.743. The van der Waals surface area contributed by atoms with Crippen LogP contribution >= 0.6 is 0 Å². The molecule has 2 unspecified atom stereocenters. The van der Waals surface area contributed by atoms with Gasteiger partial charge in [0.25, 0.3) is 0 Å². The molecule has 0 fully saturated rings. The van der Waals surface area contributed by atoms with Gasteiger partial charge in [0.1, 0.15) is 17.9 Å². The summed E-state index contributed by atoms with van der Waals surface area (Å²) >= 11 is 0. The molecule has 124 valence electrons. The molecule has 0 saturated heterocycles. The third-order valence-corrected chi connectivity index (χ3v) is 3.59. The molecule has 0 aliphatic heterocycles. The van der Waals surface area contributed by atoms with Crippen LogP contribution in [0, 0.1) is 6.92 Å². The number of ether oxygens (including phenoxy) is 1. The van der Waals surface area contributed by atoms with Crippen molar-refractivity contribution in [3.8, 4) is 5.75 Å². The molecule has 1 amide bonds. The number of carbonyl (C=O) groups excluding carboxylic acids is 1. The van der Waals surface area contributed by atoms with Crippen LogP contribution in [0.3, 0.4) is 0 Å². The summed E-state index contributed by atoms with van der Waals surface area (Å²) < 4.78 is 7.54. The maximum atomic E-state index is 12.3. The average molecular weight is 316 g/mol. The largest absolute Gasteiger partial charge is 0.489 e. The van der Waals surface area contributed by atoms with E-state index in [4.69, 9.17) is 4.74 Å². The predicted molar refractivity (Wildman–Crippen MR) is 89.3 cm³/mol. The first-order valence-corrected chi connectivity index (χ1v) is 7.67. The number of nitrogens with zero attached hydrogens (tertiary/aromatic N) is 2. The summed E-state index contributed by atoms with van der Waals surface area (Å²) in [6.45, 7) is 4.37. The van der Waals surface area contributed by atoms with Crippen LogP contribution in [-0.4, -0.2) is 35.4 Å². The number of aryl methyl sites for hydroxylation is 2. The van der Waals surface area contributed by atoms with Gasteiger partial charge in [0.15, 0.2) is 0 Å². The second kappa shape index (κ2) is 7.78. The van der Waals surface area contributed by atoms with E-state index < -0.39 is 6.04 Å². The van der Waals surface area contributed by atoms with Gasteiger partial charge in [-0.25, -0.2) is 0 Å². The van der Waals surface area contributed by atoms with Gasteiger partial charge in [0.2, 0.25) is 5.91 Å². The first-order valence-electron chi connectivity index (χ1n) is 7.67. The SMILES string of the molecule is CNC(C(=O)NCC(C)Oc1ccccc1C)c1cnn(C)c1. The van der Waals surface area contributed by atoms with Crippen molar-refractivity contribution < 1.29 is 9.53 Å². The lowest BCUT2D eigenvalue weighted by molar-refractivity contribution is -0.123. The standard InChI is InChI=1S/C17H24N4O2/c1-12-7-5-6-8-15(12)23-13(2)9-19-17(22)16(18-3)14-10-20-21(4)11-14/h5-8,10-11,13,16,18H,9H2,1-4H3,(H,19,22). The zero-order chi connectivity index (χ0) is 16.8. The molecule has 0 radical (unpaired) electrons. The highest BCUT2D eigenvalue weighted by Crippen LogP contribution is 2.17. The molecular formula is C17H24N4O2. The molecule has 1 aromatic carbocycles. The minimum absolute atomic E-state index is 0.0965. The van der Waals surface area contributed by atoms with Crippen molar-refractivity contribution in [2.75, 3.05) is 13.6 Å². The van der Waals surface area contributed by atoms with E-state index in [1.807, 2.05) is 51.4 Å². The van der Waals surface area contributed by atoms with Gasteiger partial charge in [0.05, 0.1) is 12.7 Å². The van der Waals surface area contributed by atoms with Gasteiger partial charge in [-0.05, 0) is 32.5 Å². The van der Waals surface area contributed by atoms with Gasteiger partial charge in [-0.3, -0.25) is 9.48 Å². The summed E-state index contributed by atoms with van der Waals surface area (Å²) in [6, 6.07) is 7.42. The third-order valence-electron chi connectivity index (χ3n) is 3.59. The number of hydrogen-bond donors (Lipinski definition) is 2. The lowest BCUT2D eigenvalue weighted by Gasteiger charge is -2.19. The van der Waals surface area contributed by atoms with Crippen molar-refractivity contribution in [3.63, 3.8) is 0 Å². The number of para-hydroxylation sites is 1. The minimum Gasteiger partial charge on any atom is -0.489 e. The monoisotopic (exact) mass is 316 g/mol. The van der Waals surface area contributed by atoms with E-state index in [-0.39, 0.29) is 12.0 Å². The van der Waals surface area contributed by atoms with Crippen molar-refractivity contribution in [3.05, 3.63) is 47.8 Å². The second-order valence-corrected chi connectivity index (χ2v) is 5.61. The van der Waals surface area contributed by atoms with Crippen molar-refractivity contribution >= 4 is 5.91 Å². The molecule has 0 spiro atoms. The van der Waals surface area contributed by atoms with E-state index in [1.54, 1.807) is 17.9 Å². The zero-order valence-corrected chi connectivity index (χ0v) is 14.0. The first kappa shape index (κ1) is 17.0. The molecule has 0 aliphatic rings. The topological polar surface area (TPSA) is 68.2 Å². The number of nitrogens with one attached hydrogen (secondary N) is 2. The number of likely N-dealkylation sites (N-methyl/N-ethyl adjacent to an activating group) is 1. The summed E-state index contributed by atoms with van der Waals surface area (Å²) in [4.78, 5) is 12.3. The van der Waals surface area contributed by atoms with E-state index in [9.17, 15) is 4.79 Å². The molecule has 2 aromatic rings. The molecule has 6 heteroatoms. The van der Waals surface area contributed by atoms with Crippen LogP contribution in [0.4, 0.5) is 0 Å². The molecule has 1 heterocycles. The molecule has 6 nitrogen and oxygen atoms in total. The summed E-state index contributed by atoms with van der Waals surface area (Å²) in [7, 11) is 3.58. The van der Waals surface area contributed by atoms with Crippen LogP contribution in [0.15, 0.2) is 36.7 Å². The predicted octanol–water partition coefficient (Wildman–Crippen LogP) is 1.57. The number of aromatic nitrogens is 2. The lowest BCUT2D eigenvalue weighted by Crippen LogP contribution is -2.40. The van der Waals surface area contributed by atoms with Crippen LogP contribution in [0.5, 0.6) is 5.75 Å². The molecule has 0 bridgehead atoms. The van der Waals surface area contributed by atoms with Crippen LogP contribution in [-0.2, 0) is 11.8 Å². The van der Waals surface area contributed by atoms with E-state index in [2.05, 4.69) is 15.7 Å². The van der Waals surface area contributed by atoms with Crippen LogP contribution in [0.25, 0.3) is 0 Å². The van der Waals surface area contributed by atoms with Gasteiger partial charge in [-0.1, -0.05) is 18.2 Å². The van der Waals surface area contributed by atoms with Crippen LogP contribution < -0.4 is 15.4 Å². The highest BCUT2D eigenvalue weighted by molar-refractivity contribution is 5.83. The Morgan fingerprint density at radius 3 is 2.74 bits per heavy atom. The van der Waals surface area contributed by atoms with Gasteiger partial charge in [-0.15, -0.1) is 0 Å². The van der Waals surface area contributed by atoms with Gasteiger partial charge in [0, 0.05) is 18.8 Å². The minimum atomic E-state index is -0.422. The average Bonchev–Trinajstić information content (AvgIpc) is 2.94. The quantitative estimate of drug-likeness (QED) is 0.814. The molecule has 2 atom stereocenters. The number of amides is 1. The Balaban J connectivity index is 1.89. The fourth-order valence-electron chi connectivity index (χ4n) is 2.33. The van der Waals surface area contributed by atoms with Crippen LogP contribution in [0.1, 0.15) is 24.1 Å². The number of carbonyl (C=O) groups is 1. The molecule has 2 N–H and O–H groups in total. The summed E-state index contributed by atoms with van der Waals surface area (Å²) in [5, 5.41) is 10.0. The fourth-order valence-corrected chi connectivity index (χ4v) is 2.33. The molecule has 2 rings (SSSR count). The van der Waals surface area contributed by atoms with E-state index in [0.29, 0.717) is 6.54 Å². The molecule has 23 heavy (non-hydrogen) atoms. The highest BCUT2D eigenvalue weighted by Gasteiger charge is 2.20. The maximum absolute atomic E-state index is 12.3. The van der Waals surface area contributed by atoms with E-state index in [0.717, 1.165) is 16.9 Å². The summed E-state index contributed by atoms with van der Waals surface area (Å²) in [5.41, 5.74) is 1.91. The normalized spacial score (nSPS) is 13.4. The number of hydrogen-bond acceptors (Lipinski definition) is 4. The number of rotatable bonds is 7. The first-order chi connectivity index (χ1) is 11.0. The lowest BCUT2D eigenvalue weighted by atomic mass is 10.1. The fraction of sp³-hybridized carbons (Fsp3) is 0.412. The molecular weight excluding hydrogens is 292 g/mol. The molecule has 0 saturated carbocycles.